The molecule has 0 fully saturated rings. The monoisotopic (exact) mass is 460 g/mol. The quantitative estimate of drug-likeness (QED) is 0.342. The molecule has 1 amide bonds. The van der Waals surface area contributed by atoms with Gasteiger partial charge in [-0.15, -0.1) is 22.7 Å². The van der Waals surface area contributed by atoms with Crippen LogP contribution in [0.5, 0.6) is 0 Å². The molecule has 5 heterocycles. The molecular weight excluding hydrogens is 440 g/mol. The van der Waals surface area contributed by atoms with Crippen LogP contribution in [0.15, 0.2) is 76.3 Å². The van der Waals surface area contributed by atoms with E-state index in [4.69, 9.17) is 9.40 Å². The lowest BCUT2D eigenvalue weighted by atomic mass is 10.2. The van der Waals surface area contributed by atoms with Gasteiger partial charge in [0.1, 0.15) is 10.8 Å². The summed E-state index contributed by atoms with van der Waals surface area (Å²) in [7, 11) is 0. The van der Waals surface area contributed by atoms with E-state index in [1.54, 1.807) is 41.3 Å². The Bertz CT molecular complexity index is 1320. The first-order valence-corrected chi connectivity index (χ1v) is 11.8. The Morgan fingerprint density at radius 1 is 1.16 bits per heavy atom. The fraction of sp³-hybridized carbons (Fsp3) is 0.125. The van der Waals surface area contributed by atoms with E-state index in [-0.39, 0.29) is 5.91 Å². The SMILES string of the molecule is Cc1c(C(=O)NCc2ccco2)cc(-c2csc(-c3ccncc3)n2)n1Cc1cccs1. The average molecular weight is 461 g/mol. The molecular formula is C24H20N4O2S2. The number of furan rings is 1. The van der Waals surface area contributed by atoms with E-state index in [1.165, 1.54) is 4.88 Å². The Hall–Kier alpha value is -3.49. The number of amides is 1. The van der Waals surface area contributed by atoms with Crippen molar-refractivity contribution >= 4 is 28.6 Å². The van der Waals surface area contributed by atoms with Gasteiger partial charge < -0.3 is 14.3 Å². The Balaban J connectivity index is 1.50. The average Bonchev–Trinajstić information content (AvgIpc) is 3.62. The van der Waals surface area contributed by atoms with Crippen LogP contribution in [0.4, 0.5) is 0 Å². The van der Waals surface area contributed by atoms with Crippen LogP contribution in [0, 0.1) is 6.92 Å². The number of hydrogen-bond acceptors (Lipinski definition) is 6. The third-order valence-corrected chi connectivity index (χ3v) is 6.95. The maximum Gasteiger partial charge on any atom is 0.253 e. The van der Waals surface area contributed by atoms with Gasteiger partial charge in [-0.1, -0.05) is 6.07 Å². The lowest BCUT2D eigenvalue weighted by molar-refractivity contribution is 0.0947. The van der Waals surface area contributed by atoms with Crippen molar-refractivity contribution in [3.8, 4) is 22.0 Å². The van der Waals surface area contributed by atoms with Gasteiger partial charge in [-0.2, -0.15) is 0 Å². The van der Waals surface area contributed by atoms with Crippen molar-refractivity contribution < 1.29 is 9.21 Å². The molecule has 0 aliphatic rings. The predicted molar refractivity (Wildman–Crippen MR) is 127 cm³/mol. The molecule has 0 saturated carbocycles. The largest absolute Gasteiger partial charge is 0.467 e. The smallest absolute Gasteiger partial charge is 0.253 e. The van der Waals surface area contributed by atoms with Gasteiger partial charge in [0.05, 0.1) is 36.3 Å². The predicted octanol–water partition coefficient (Wildman–Crippen LogP) is 5.61. The number of thiophene rings is 1. The van der Waals surface area contributed by atoms with E-state index in [0.717, 1.165) is 33.4 Å². The summed E-state index contributed by atoms with van der Waals surface area (Å²) in [6.07, 6.45) is 5.13. The second kappa shape index (κ2) is 8.94. The van der Waals surface area contributed by atoms with E-state index >= 15 is 0 Å². The van der Waals surface area contributed by atoms with E-state index in [0.29, 0.717) is 18.7 Å². The Morgan fingerprint density at radius 3 is 2.78 bits per heavy atom. The van der Waals surface area contributed by atoms with Gasteiger partial charge in [0.15, 0.2) is 0 Å². The van der Waals surface area contributed by atoms with Crippen LogP contribution >= 0.6 is 22.7 Å². The molecule has 5 rings (SSSR count). The first kappa shape index (κ1) is 20.4. The van der Waals surface area contributed by atoms with Crippen LogP contribution in [-0.2, 0) is 13.1 Å². The van der Waals surface area contributed by atoms with E-state index in [1.807, 2.05) is 48.7 Å². The van der Waals surface area contributed by atoms with E-state index < -0.39 is 0 Å². The summed E-state index contributed by atoms with van der Waals surface area (Å²) in [6, 6.07) is 13.6. The molecule has 0 atom stereocenters. The third-order valence-electron chi connectivity index (χ3n) is 5.20. The maximum atomic E-state index is 13.0. The minimum absolute atomic E-state index is 0.130. The first-order chi connectivity index (χ1) is 15.7. The summed E-state index contributed by atoms with van der Waals surface area (Å²) >= 11 is 3.28. The summed E-state index contributed by atoms with van der Waals surface area (Å²) in [5, 5.41) is 7.99. The standard InChI is InChI=1S/C24H20N4O2S2/c1-16-20(23(29)26-13-18-4-2-10-30-18)12-22(28(16)14-19-5-3-11-31-19)21-15-32-24(27-21)17-6-8-25-9-7-17/h2-12,15H,13-14H2,1H3,(H,26,29). The summed E-state index contributed by atoms with van der Waals surface area (Å²) in [5.74, 6) is 0.588. The van der Waals surface area contributed by atoms with Crippen LogP contribution in [0.1, 0.15) is 26.7 Å². The maximum absolute atomic E-state index is 13.0. The zero-order valence-corrected chi connectivity index (χ0v) is 19.0. The summed E-state index contributed by atoms with van der Waals surface area (Å²) in [4.78, 5) is 23.2. The lowest BCUT2D eigenvalue weighted by Gasteiger charge is -2.10. The highest BCUT2D eigenvalue weighted by Crippen LogP contribution is 2.32. The molecule has 5 aromatic heterocycles. The third kappa shape index (κ3) is 4.15. The lowest BCUT2D eigenvalue weighted by Crippen LogP contribution is -2.23. The molecule has 160 valence electrons. The number of thiazole rings is 1. The molecule has 6 nitrogen and oxygen atoms in total. The zero-order valence-electron chi connectivity index (χ0n) is 17.3. The molecule has 0 radical (unpaired) electrons. The summed E-state index contributed by atoms with van der Waals surface area (Å²) < 4.78 is 7.50. The Morgan fingerprint density at radius 2 is 2.03 bits per heavy atom. The molecule has 0 aliphatic carbocycles. The molecule has 0 aliphatic heterocycles. The molecule has 0 saturated heterocycles. The highest BCUT2D eigenvalue weighted by Gasteiger charge is 2.21. The van der Waals surface area contributed by atoms with E-state index in [9.17, 15) is 4.79 Å². The fourth-order valence-electron chi connectivity index (χ4n) is 3.54. The number of carbonyl (C=O) groups is 1. The van der Waals surface area contributed by atoms with Crippen LogP contribution in [0.25, 0.3) is 22.0 Å². The molecule has 0 spiro atoms. The summed E-state index contributed by atoms with van der Waals surface area (Å²) in [6.45, 7) is 3.01. The van der Waals surface area contributed by atoms with Gasteiger partial charge in [0.2, 0.25) is 0 Å². The number of aromatic nitrogens is 3. The van der Waals surface area contributed by atoms with Crippen LogP contribution in [0.3, 0.4) is 0 Å². The minimum Gasteiger partial charge on any atom is -0.467 e. The Kier molecular flexibility index (Phi) is 5.70. The van der Waals surface area contributed by atoms with Crippen molar-refractivity contribution in [3.05, 3.63) is 93.8 Å². The zero-order chi connectivity index (χ0) is 21.9. The number of carbonyl (C=O) groups excluding carboxylic acids is 1. The number of nitrogens with one attached hydrogen (secondary N) is 1. The molecule has 0 aromatic carbocycles. The molecule has 1 N–H and O–H groups in total. The molecule has 5 aromatic rings. The topological polar surface area (TPSA) is 73.0 Å². The molecule has 0 unspecified atom stereocenters. The highest BCUT2D eigenvalue weighted by molar-refractivity contribution is 7.13. The van der Waals surface area contributed by atoms with Crippen LogP contribution in [-0.4, -0.2) is 20.4 Å². The molecule has 0 bridgehead atoms. The number of nitrogens with zero attached hydrogens (tertiary/aromatic N) is 3. The number of rotatable bonds is 7. The van der Waals surface area contributed by atoms with Gasteiger partial charge in [-0.25, -0.2) is 4.98 Å². The van der Waals surface area contributed by atoms with Crippen molar-refractivity contribution in [2.75, 3.05) is 0 Å². The van der Waals surface area contributed by atoms with Crippen molar-refractivity contribution in [1.82, 2.24) is 19.9 Å². The van der Waals surface area contributed by atoms with Crippen LogP contribution < -0.4 is 5.32 Å². The fourth-order valence-corrected chi connectivity index (χ4v) is 5.06. The van der Waals surface area contributed by atoms with Gasteiger partial charge in [0, 0.05) is 33.9 Å². The molecule has 32 heavy (non-hydrogen) atoms. The molecule has 8 heteroatoms. The first-order valence-electron chi connectivity index (χ1n) is 10.1. The van der Waals surface area contributed by atoms with Gasteiger partial charge in [-0.3, -0.25) is 9.78 Å². The number of hydrogen-bond donors (Lipinski definition) is 1. The minimum atomic E-state index is -0.130. The second-order valence-electron chi connectivity index (χ2n) is 7.23. The van der Waals surface area contributed by atoms with Crippen molar-refractivity contribution in [3.63, 3.8) is 0 Å². The Labute approximate surface area is 193 Å². The normalized spacial score (nSPS) is 11.0. The van der Waals surface area contributed by atoms with Crippen molar-refractivity contribution in [2.24, 2.45) is 0 Å². The van der Waals surface area contributed by atoms with Crippen molar-refractivity contribution in [2.45, 2.75) is 20.0 Å². The van der Waals surface area contributed by atoms with Gasteiger partial charge in [-0.05, 0) is 48.7 Å². The number of pyridine rings is 1. The van der Waals surface area contributed by atoms with Crippen molar-refractivity contribution in [1.29, 1.82) is 0 Å². The van der Waals surface area contributed by atoms with E-state index in [2.05, 4.69) is 26.3 Å². The second-order valence-corrected chi connectivity index (χ2v) is 9.12. The highest BCUT2D eigenvalue weighted by atomic mass is 32.1. The van der Waals surface area contributed by atoms with Gasteiger partial charge >= 0.3 is 0 Å². The van der Waals surface area contributed by atoms with Gasteiger partial charge in [0.25, 0.3) is 5.91 Å². The van der Waals surface area contributed by atoms with Crippen LogP contribution in [0.2, 0.25) is 0 Å². The summed E-state index contributed by atoms with van der Waals surface area (Å²) in [5.41, 5.74) is 4.35.